The van der Waals surface area contributed by atoms with Gasteiger partial charge in [-0.2, -0.15) is 0 Å². The first-order chi connectivity index (χ1) is 10.4. The number of carbonyl (C=O) groups excluding carboxylic acids is 2. The van der Waals surface area contributed by atoms with Crippen molar-refractivity contribution in [2.75, 3.05) is 11.9 Å². The van der Waals surface area contributed by atoms with Gasteiger partial charge in [0.1, 0.15) is 0 Å². The lowest BCUT2D eigenvalue weighted by Gasteiger charge is -2.16. The zero-order chi connectivity index (χ0) is 16.7. The zero-order valence-electron chi connectivity index (χ0n) is 13.3. The number of hydrogen-bond donors (Lipinski definition) is 4. The molecule has 0 aliphatic rings. The van der Waals surface area contributed by atoms with Crippen molar-refractivity contribution in [3.8, 4) is 0 Å². The molecular formula is C16H25N3O3. The smallest absolute Gasteiger partial charge is 0.243 e. The number of aryl methyl sites for hydroxylation is 1. The summed E-state index contributed by atoms with van der Waals surface area (Å²) in [6, 6.07) is 4.73. The minimum absolute atomic E-state index is 0.0146. The molecule has 0 fully saturated rings. The number of aliphatic hydroxyl groups excluding tert-OH is 1. The average molecular weight is 307 g/mol. The number of aliphatic hydroxyl groups is 1. The Bertz CT molecular complexity index is 529. The van der Waals surface area contributed by atoms with Crippen LogP contribution in [0.5, 0.6) is 0 Å². The number of benzene rings is 1. The Balaban J connectivity index is 2.60. The summed E-state index contributed by atoms with van der Waals surface area (Å²) in [5.74, 6) is -0.631. The first kappa shape index (κ1) is 18.1. The highest BCUT2D eigenvalue weighted by Gasteiger charge is 2.17. The van der Waals surface area contributed by atoms with E-state index >= 15 is 0 Å². The van der Waals surface area contributed by atoms with Gasteiger partial charge < -0.3 is 21.5 Å². The van der Waals surface area contributed by atoms with Crippen LogP contribution >= 0.6 is 0 Å². The molecule has 22 heavy (non-hydrogen) atoms. The van der Waals surface area contributed by atoms with Gasteiger partial charge in [0.25, 0.3) is 0 Å². The zero-order valence-corrected chi connectivity index (χ0v) is 13.3. The molecule has 0 saturated heterocycles. The highest BCUT2D eigenvalue weighted by atomic mass is 16.3. The van der Waals surface area contributed by atoms with Crippen LogP contribution in [0.1, 0.15) is 31.9 Å². The van der Waals surface area contributed by atoms with Crippen LogP contribution in [-0.2, 0) is 22.6 Å². The minimum atomic E-state index is -0.622. The third kappa shape index (κ3) is 5.13. The van der Waals surface area contributed by atoms with Crippen molar-refractivity contribution in [2.24, 2.45) is 11.7 Å². The highest BCUT2D eigenvalue weighted by Crippen LogP contribution is 2.18. The fourth-order valence-corrected chi connectivity index (χ4v) is 1.94. The van der Waals surface area contributed by atoms with Crippen LogP contribution < -0.4 is 16.4 Å². The summed E-state index contributed by atoms with van der Waals surface area (Å²) in [4.78, 5) is 23.6. The number of hydrogen-bond acceptors (Lipinski definition) is 4. The van der Waals surface area contributed by atoms with Crippen molar-refractivity contribution >= 4 is 17.5 Å². The van der Waals surface area contributed by atoms with E-state index in [1.807, 2.05) is 26.8 Å². The summed E-state index contributed by atoms with van der Waals surface area (Å²) < 4.78 is 0. The van der Waals surface area contributed by atoms with Crippen molar-refractivity contribution in [3.63, 3.8) is 0 Å². The van der Waals surface area contributed by atoms with E-state index in [4.69, 9.17) is 10.8 Å². The Kier molecular flexibility index (Phi) is 7.01. The van der Waals surface area contributed by atoms with Crippen molar-refractivity contribution in [1.29, 1.82) is 0 Å². The SMILES string of the molecule is CCc1cc(CO)ccc1NC(=O)CNC(=O)C(N)C(C)C. The first-order valence-corrected chi connectivity index (χ1v) is 7.44. The average Bonchev–Trinajstić information content (AvgIpc) is 2.51. The Morgan fingerprint density at radius 3 is 2.55 bits per heavy atom. The molecule has 5 N–H and O–H groups in total. The van der Waals surface area contributed by atoms with Gasteiger partial charge in [-0.25, -0.2) is 0 Å². The maximum absolute atomic E-state index is 11.9. The molecule has 1 rings (SSSR count). The van der Waals surface area contributed by atoms with Gasteiger partial charge in [-0.05, 0) is 29.5 Å². The van der Waals surface area contributed by atoms with Crippen molar-refractivity contribution < 1.29 is 14.7 Å². The second kappa shape index (κ2) is 8.51. The molecular weight excluding hydrogens is 282 g/mol. The Morgan fingerprint density at radius 2 is 2.00 bits per heavy atom. The van der Waals surface area contributed by atoms with Crippen molar-refractivity contribution in [1.82, 2.24) is 5.32 Å². The molecule has 0 aliphatic heterocycles. The minimum Gasteiger partial charge on any atom is -0.392 e. The Labute approximate surface area is 131 Å². The van der Waals surface area contributed by atoms with E-state index in [2.05, 4.69) is 10.6 Å². The number of carbonyl (C=O) groups is 2. The molecule has 0 spiro atoms. The summed E-state index contributed by atoms with van der Waals surface area (Å²) in [6.07, 6.45) is 0.730. The van der Waals surface area contributed by atoms with Gasteiger partial charge in [0.2, 0.25) is 11.8 Å². The van der Waals surface area contributed by atoms with E-state index in [9.17, 15) is 9.59 Å². The van der Waals surface area contributed by atoms with E-state index < -0.39 is 6.04 Å². The van der Waals surface area contributed by atoms with Gasteiger partial charge in [-0.3, -0.25) is 9.59 Å². The van der Waals surface area contributed by atoms with E-state index in [1.54, 1.807) is 12.1 Å². The number of nitrogens with one attached hydrogen (secondary N) is 2. The third-order valence-electron chi connectivity index (χ3n) is 3.45. The van der Waals surface area contributed by atoms with Gasteiger partial charge >= 0.3 is 0 Å². The van der Waals surface area contributed by atoms with Crippen molar-refractivity contribution in [2.45, 2.75) is 39.8 Å². The fourth-order valence-electron chi connectivity index (χ4n) is 1.94. The first-order valence-electron chi connectivity index (χ1n) is 7.44. The summed E-state index contributed by atoms with van der Waals surface area (Å²) >= 11 is 0. The number of amides is 2. The fraction of sp³-hybridized carbons (Fsp3) is 0.500. The number of nitrogens with two attached hydrogens (primary N) is 1. The molecule has 0 radical (unpaired) electrons. The van der Waals surface area contributed by atoms with Crippen LogP contribution in [0.15, 0.2) is 18.2 Å². The molecule has 1 aromatic rings. The van der Waals surface area contributed by atoms with Gasteiger partial charge in [-0.1, -0.05) is 32.9 Å². The topological polar surface area (TPSA) is 104 Å². The molecule has 6 nitrogen and oxygen atoms in total. The molecule has 2 amide bonds. The summed E-state index contributed by atoms with van der Waals surface area (Å²) in [5, 5.41) is 14.4. The standard InChI is InChI=1S/C16H25N3O3/c1-4-12-7-11(9-20)5-6-13(12)19-14(21)8-18-16(22)15(17)10(2)3/h5-7,10,15,20H,4,8-9,17H2,1-3H3,(H,18,22)(H,19,21). The van der Waals surface area contributed by atoms with E-state index in [-0.39, 0.29) is 30.9 Å². The second-order valence-corrected chi connectivity index (χ2v) is 5.54. The Hall–Kier alpha value is -1.92. The lowest BCUT2D eigenvalue weighted by molar-refractivity contribution is -0.125. The molecule has 1 atom stereocenters. The monoisotopic (exact) mass is 307 g/mol. The summed E-state index contributed by atoms with van der Waals surface area (Å²) in [6.45, 7) is 5.51. The van der Waals surface area contributed by atoms with Crippen LogP contribution in [0.4, 0.5) is 5.69 Å². The highest BCUT2D eigenvalue weighted by molar-refractivity contribution is 5.95. The van der Waals surface area contributed by atoms with Gasteiger partial charge in [0.05, 0.1) is 19.2 Å². The van der Waals surface area contributed by atoms with Gasteiger partial charge in [0, 0.05) is 5.69 Å². The lowest BCUT2D eigenvalue weighted by Crippen LogP contribution is -2.46. The predicted molar refractivity (Wildman–Crippen MR) is 86.2 cm³/mol. The molecule has 1 aromatic carbocycles. The van der Waals surface area contributed by atoms with Gasteiger partial charge in [-0.15, -0.1) is 0 Å². The quantitative estimate of drug-likeness (QED) is 0.597. The summed E-state index contributed by atoms with van der Waals surface area (Å²) in [5.41, 5.74) is 8.13. The van der Waals surface area contributed by atoms with Crippen molar-refractivity contribution in [3.05, 3.63) is 29.3 Å². The molecule has 122 valence electrons. The predicted octanol–water partition coefficient (Wildman–Crippen LogP) is 0.779. The Morgan fingerprint density at radius 1 is 1.32 bits per heavy atom. The van der Waals surface area contributed by atoms with Crippen LogP contribution in [0.3, 0.4) is 0 Å². The normalized spacial score (nSPS) is 12.1. The van der Waals surface area contributed by atoms with Crippen LogP contribution in [0.25, 0.3) is 0 Å². The molecule has 6 heteroatoms. The molecule has 1 unspecified atom stereocenters. The molecule has 0 aromatic heterocycles. The van der Waals surface area contributed by atoms with Gasteiger partial charge in [0.15, 0.2) is 0 Å². The maximum Gasteiger partial charge on any atom is 0.243 e. The number of anilines is 1. The van der Waals surface area contributed by atoms with E-state index in [0.29, 0.717) is 5.69 Å². The largest absolute Gasteiger partial charge is 0.392 e. The maximum atomic E-state index is 11.9. The molecule has 0 heterocycles. The lowest BCUT2D eigenvalue weighted by atomic mass is 10.1. The van der Waals surface area contributed by atoms with Crippen LogP contribution in [0, 0.1) is 5.92 Å². The van der Waals surface area contributed by atoms with E-state index in [0.717, 1.165) is 17.5 Å². The third-order valence-corrected chi connectivity index (χ3v) is 3.45. The van der Waals surface area contributed by atoms with Crippen LogP contribution in [0.2, 0.25) is 0 Å². The molecule has 0 saturated carbocycles. The molecule has 0 aliphatic carbocycles. The second-order valence-electron chi connectivity index (χ2n) is 5.54. The number of rotatable bonds is 7. The van der Waals surface area contributed by atoms with E-state index in [1.165, 1.54) is 0 Å². The van der Waals surface area contributed by atoms with Crippen LogP contribution in [-0.4, -0.2) is 29.5 Å². The molecule has 0 bridgehead atoms. The summed E-state index contributed by atoms with van der Waals surface area (Å²) in [7, 11) is 0.